The van der Waals surface area contributed by atoms with Crippen LogP contribution in [0.15, 0.2) is 42.6 Å². The van der Waals surface area contributed by atoms with Gasteiger partial charge in [0.25, 0.3) is 0 Å². The number of nitrogens with one attached hydrogen (secondary N) is 1. The third-order valence-corrected chi connectivity index (χ3v) is 2.70. The average molecular weight is 249 g/mol. The summed E-state index contributed by atoms with van der Waals surface area (Å²) in [6.07, 6.45) is 1.71. The van der Waals surface area contributed by atoms with Gasteiger partial charge in [-0.15, -0.1) is 0 Å². The van der Waals surface area contributed by atoms with Crippen molar-refractivity contribution < 1.29 is 8.78 Å². The van der Waals surface area contributed by atoms with Crippen molar-refractivity contribution in [3.05, 3.63) is 65.5 Å². The maximum absolute atomic E-state index is 13.6. The molecule has 3 N–H and O–H groups in total. The Labute approximate surface area is 104 Å². The molecule has 18 heavy (non-hydrogen) atoms. The van der Waals surface area contributed by atoms with Crippen molar-refractivity contribution in [2.75, 3.05) is 0 Å². The minimum Gasteiger partial charge on any atom is -0.271 e. The van der Waals surface area contributed by atoms with E-state index >= 15 is 0 Å². The highest BCUT2D eigenvalue weighted by Gasteiger charge is 2.17. The van der Waals surface area contributed by atoms with Crippen LogP contribution < -0.4 is 11.3 Å². The van der Waals surface area contributed by atoms with E-state index in [0.717, 1.165) is 0 Å². The molecule has 1 atom stereocenters. The molecule has 0 fully saturated rings. The lowest BCUT2D eigenvalue weighted by molar-refractivity contribution is 0.485. The molecule has 5 heteroatoms. The summed E-state index contributed by atoms with van der Waals surface area (Å²) in [7, 11) is 0. The molecule has 2 rings (SSSR count). The molecule has 1 heterocycles. The molecule has 0 aliphatic heterocycles. The van der Waals surface area contributed by atoms with E-state index in [9.17, 15) is 8.78 Å². The van der Waals surface area contributed by atoms with Crippen molar-refractivity contribution in [2.24, 2.45) is 5.84 Å². The fourth-order valence-electron chi connectivity index (χ4n) is 1.77. The molecule has 0 amide bonds. The Bertz CT molecular complexity index is 531. The van der Waals surface area contributed by atoms with Gasteiger partial charge in [0.2, 0.25) is 0 Å². The predicted octanol–water partition coefficient (Wildman–Crippen LogP) is 2.11. The fraction of sp³-hybridized carbons (Fsp3) is 0.154. The Morgan fingerprint density at radius 3 is 2.50 bits per heavy atom. The zero-order valence-electron chi connectivity index (χ0n) is 9.61. The van der Waals surface area contributed by atoms with Gasteiger partial charge in [0.05, 0.1) is 11.7 Å². The standard InChI is InChI=1S/C13H13F2N3/c14-10-5-2-1-4-9(10)8-12(18-16)13-11(15)6-3-7-17-13/h1-7,12,18H,8,16H2. The highest BCUT2D eigenvalue weighted by molar-refractivity contribution is 5.21. The third-order valence-electron chi connectivity index (χ3n) is 2.70. The monoisotopic (exact) mass is 249 g/mol. The number of hydrogen-bond donors (Lipinski definition) is 2. The summed E-state index contributed by atoms with van der Waals surface area (Å²) < 4.78 is 27.1. The summed E-state index contributed by atoms with van der Waals surface area (Å²) >= 11 is 0. The molecule has 0 bridgehead atoms. The van der Waals surface area contributed by atoms with E-state index < -0.39 is 11.9 Å². The first-order valence-electron chi connectivity index (χ1n) is 5.52. The van der Waals surface area contributed by atoms with Crippen LogP contribution in [-0.4, -0.2) is 4.98 Å². The molecule has 94 valence electrons. The lowest BCUT2D eigenvalue weighted by atomic mass is 10.0. The summed E-state index contributed by atoms with van der Waals surface area (Å²) in [6, 6.07) is 8.55. The van der Waals surface area contributed by atoms with Crippen molar-refractivity contribution >= 4 is 0 Å². The van der Waals surface area contributed by atoms with Crippen LogP contribution in [-0.2, 0) is 6.42 Å². The lowest BCUT2D eigenvalue weighted by Crippen LogP contribution is -2.31. The maximum atomic E-state index is 13.6. The van der Waals surface area contributed by atoms with E-state index in [-0.39, 0.29) is 17.9 Å². The zero-order chi connectivity index (χ0) is 13.0. The molecule has 3 nitrogen and oxygen atoms in total. The topological polar surface area (TPSA) is 50.9 Å². The van der Waals surface area contributed by atoms with Crippen molar-refractivity contribution in [3.8, 4) is 0 Å². The number of nitrogens with two attached hydrogens (primary N) is 1. The first-order chi connectivity index (χ1) is 8.72. The van der Waals surface area contributed by atoms with Gasteiger partial charge in [-0.2, -0.15) is 0 Å². The van der Waals surface area contributed by atoms with Gasteiger partial charge in [0.1, 0.15) is 11.6 Å². The minimum atomic E-state index is -0.567. The van der Waals surface area contributed by atoms with Crippen LogP contribution in [0.1, 0.15) is 17.3 Å². The van der Waals surface area contributed by atoms with Gasteiger partial charge < -0.3 is 0 Å². The largest absolute Gasteiger partial charge is 0.271 e. The molecule has 0 saturated carbocycles. The van der Waals surface area contributed by atoms with E-state index in [2.05, 4.69) is 10.4 Å². The Morgan fingerprint density at radius 1 is 1.11 bits per heavy atom. The van der Waals surface area contributed by atoms with Crippen LogP contribution in [0, 0.1) is 11.6 Å². The highest BCUT2D eigenvalue weighted by atomic mass is 19.1. The van der Waals surface area contributed by atoms with Gasteiger partial charge in [0.15, 0.2) is 0 Å². The maximum Gasteiger partial charge on any atom is 0.146 e. The number of hydrazine groups is 1. The zero-order valence-corrected chi connectivity index (χ0v) is 9.61. The van der Waals surface area contributed by atoms with Gasteiger partial charge in [-0.1, -0.05) is 18.2 Å². The Morgan fingerprint density at radius 2 is 1.83 bits per heavy atom. The number of nitrogens with zero attached hydrogens (tertiary/aromatic N) is 1. The van der Waals surface area contributed by atoms with E-state index in [0.29, 0.717) is 5.56 Å². The minimum absolute atomic E-state index is 0.184. The molecule has 0 saturated heterocycles. The summed E-state index contributed by atoms with van der Waals surface area (Å²) in [6.45, 7) is 0. The van der Waals surface area contributed by atoms with Crippen molar-refractivity contribution in [1.82, 2.24) is 10.4 Å². The summed E-state index contributed by atoms with van der Waals surface area (Å²) in [5.41, 5.74) is 3.11. The summed E-state index contributed by atoms with van der Waals surface area (Å²) in [4.78, 5) is 3.94. The molecule has 1 aromatic carbocycles. The molecule has 0 radical (unpaired) electrons. The molecular formula is C13H13F2N3. The van der Waals surface area contributed by atoms with Crippen LogP contribution in [0.2, 0.25) is 0 Å². The Hall–Kier alpha value is -1.85. The van der Waals surface area contributed by atoms with Crippen LogP contribution in [0.25, 0.3) is 0 Å². The quantitative estimate of drug-likeness (QED) is 0.644. The van der Waals surface area contributed by atoms with Crippen molar-refractivity contribution in [3.63, 3.8) is 0 Å². The van der Waals surface area contributed by atoms with Gasteiger partial charge in [-0.25, -0.2) is 8.78 Å². The first-order valence-corrected chi connectivity index (χ1v) is 5.52. The van der Waals surface area contributed by atoms with Gasteiger partial charge in [-0.05, 0) is 30.2 Å². The average Bonchev–Trinajstić information content (AvgIpc) is 2.39. The van der Waals surface area contributed by atoms with Crippen molar-refractivity contribution in [1.29, 1.82) is 0 Å². The lowest BCUT2D eigenvalue weighted by Gasteiger charge is -2.16. The normalized spacial score (nSPS) is 12.4. The number of rotatable bonds is 4. The number of pyridine rings is 1. The van der Waals surface area contributed by atoms with E-state index in [1.54, 1.807) is 18.2 Å². The van der Waals surface area contributed by atoms with Crippen LogP contribution in [0.5, 0.6) is 0 Å². The van der Waals surface area contributed by atoms with Crippen LogP contribution >= 0.6 is 0 Å². The predicted molar refractivity (Wildman–Crippen MR) is 64.4 cm³/mol. The summed E-state index contributed by atoms with van der Waals surface area (Å²) in [5, 5.41) is 0. The molecule has 0 aliphatic carbocycles. The van der Waals surface area contributed by atoms with Gasteiger partial charge >= 0.3 is 0 Å². The van der Waals surface area contributed by atoms with Gasteiger partial charge in [-0.3, -0.25) is 16.3 Å². The molecule has 2 aromatic rings. The summed E-state index contributed by atoms with van der Waals surface area (Å²) in [5.74, 6) is 4.59. The second kappa shape index (κ2) is 5.66. The highest BCUT2D eigenvalue weighted by Crippen LogP contribution is 2.19. The van der Waals surface area contributed by atoms with Crippen LogP contribution in [0.4, 0.5) is 8.78 Å². The smallest absolute Gasteiger partial charge is 0.146 e. The first kappa shape index (κ1) is 12.6. The second-order valence-corrected chi connectivity index (χ2v) is 3.89. The van der Waals surface area contributed by atoms with Crippen LogP contribution in [0.3, 0.4) is 0 Å². The SMILES string of the molecule is NNC(Cc1ccccc1F)c1ncccc1F. The molecule has 0 aliphatic rings. The molecule has 1 unspecified atom stereocenters. The number of aromatic nitrogens is 1. The molecule has 1 aromatic heterocycles. The fourth-order valence-corrected chi connectivity index (χ4v) is 1.77. The third kappa shape index (κ3) is 2.69. The molecule has 0 spiro atoms. The Balaban J connectivity index is 2.26. The van der Waals surface area contributed by atoms with Gasteiger partial charge in [0, 0.05) is 6.20 Å². The van der Waals surface area contributed by atoms with E-state index in [1.807, 2.05) is 0 Å². The number of hydrogen-bond acceptors (Lipinski definition) is 3. The molecular weight excluding hydrogens is 236 g/mol. The van der Waals surface area contributed by atoms with Crippen molar-refractivity contribution in [2.45, 2.75) is 12.5 Å². The second-order valence-electron chi connectivity index (χ2n) is 3.89. The Kier molecular flexibility index (Phi) is 3.96. The number of halogens is 2. The number of benzene rings is 1. The van der Waals surface area contributed by atoms with E-state index in [1.165, 1.54) is 24.4 Å². The van der Waals surface area contributed by atoms with E-state index in [4.69, 9.17) is 5.84 Å².